The van der Waals surface area contributed by atoms with Gasteiger partial charge < -0.3 is 11.1 Å². The van der Waals surface area contributed by atoms with E-state index in [1.54, 1.807) is 23.5 Å². The summed E-state index contributed by atoms with van der Waals surface area (Å²) < 4.78 is 0.933. The summed E-state index contributed by atoms with van der Waals surface area (Å²) in [4.78, 5) is 25.4. The average molecular weight is 392 g/mol. The van der Waals surface area contributed by atoms with Crippen molar-refractivity contribution in [1.29, 1.82) is 0 Å². The number of amides is 1. The molecule has 0 fully saturated rings. The number of carbonyl (C=O) groups excluding carboxylic acids is 1. The molecule has 3 aromatic rings. The average Bonchev–Trinajstić information content (AvgIpc) is 3.05. The van der Waals surface area contributed by atoms with E-state index in [0.29, 0.717) is 10.7 Å². The van der Waals surface area contributed by atoms with Crippen LogP contribution in [0.4, 0.5) is 11.5 Å². The lowest BCUT2D eigenvalue weighted by atomic mass is 10.3. The molecule has 0 aliphatic rings. The maximum absolute atomic E-state index is 12.2. The second-order valence-electron chi connectivity index (χ2n) is 4.95. The van der Waals surface area contributed by atoms with Gasteiger partial charge in [-0.1, -0.05) is 30.3 Å². The number of thiazole rings is 1. The number of anilines is 2. The van der Waals surface area contributed by atoms with E-state index in [4.69, 9.17) is 17.3 Å². The third-order valence-corrected chi connectivity index (χ3v) is 5.71. The second kappa shape index (κ2) is 7.81. The molecule has 0 aliphatic heterocycles. The highest BCUT2D eigenvalue weighted by atomic mass is 35.5. The first-order valence-corrected chi connectivity index (χ1v) is 9.44. The molecule has 2 heterocycles. The molecule has 0 saturated heterocycles. The van der Waals surface area contributed by atoms with Crippen molar-refractivity contribution >= 4 is 52.1 Å². The van der Waals surface area contributed by atoms with Gasteiger partial charge in [0.25, 0.3) is 5.91 Å². The Morgan fingerprint density at radius 2 is 2.16 bits per heavy atom. The Kier molecular flexibility index (Phi) is 5.52. The molecule has 3 rings (SSSR count). The minimum atomic E-state index is -0.436. The van der Waals surface area contributed by atoms with Gasteiger partial charge >= 0.3 is 0 Å². The molecule has 0 atom stereocenters. The summed E-state index contributed by atoms with van der Waals surface area (Å²) in [5.74, 6) is -0.358. The highest BCUT2D eigenvalue weighted by molar-refractivity contribution is 8.01. The number of hydrogen-bond acceptors (Lipinski definition) is 7. The number of nitrogens with two attached hydrogens (primary N) is 1. The van der Waals surface area contributed by atoms with Crippen LogP contribution in [0.2, 0.25) is 5.02 Å². The zero-order valence-electron chi connectivity index (χ0n) is 13.2. The van der Waals surface area contributed by atoms with Crippen molar-refractivity contribution < 1.29 is 4.79 Å². The smallest absolute Gasteiger partial charge is 0.278 e. The standard InChI is InChI=1S/C16H14ClN5OS2/c1-2-9-8-24-16(22-9)25-12-4-3-10(7-11(12)17)21-15(23)13-14(18)20-6-5-19-13/h3-8H,2H2,1H3,(H2,18,20)(H,21,23). The van der Waals surface area contributed by atoms with Gasteiger partial charge in [0, 0.05) is 28.4 Å². The molecule has 25 heavy (non-hydrogen) atoms. The summed E-state index contributed by atoms with van der Waals surface area (Å²) in [6.45, 7) is 2.07. The zero-order chi connectivity index (χ0) is 17.8. The van der Waals surface area contributed by atoms with Gasteiger partial charge in [0.1, 0.15) is 0 Å². The maximum atomic E-state index is 12.2. The molecule has 2 aromatic heterocycles. The topological polar surface area (TPSA) is 93.8 Å². The molecule has 1 amide bonds. The monoisotopic (exact) mass is 391 g/mol. The summed E-state index contributed by atoms with van der Waals surface area (Å²) in [5.41, 5.74) is 7.35. The van der Waals surface area contributed by atoms with Crippen LogP contribution in [-0.4, -0.2) is 20.9 Å². The van der Waals surface area contributed by atoms with Gasteiger partial charge in [-0.05, 0) is 24.6 Å². The van der Waals surface area contributed by atoms with Crippen molar-refractivity contribution in [3.63, 3.8) is 0 Å². The fourth-order valence-corrected chi connectivity index (χ4v) is 4.14. The van der Waals surface area contributed by atoms with Gasteiger partial charge in [-0.3, -0.25) is 4.79 Å². The number of rotatable bonds is 5. The van der Waals surface area contributed by atoms with Crippen LogP contribution in [0.25, 0.3) is 0 Å². The Hall–Kier alpha value is -2.16. The van der Waals surface area contributed by atoms with E-state index in [2.05, 4.69) is 27.2 Å². The molecule has 0 saturated carbocycles. The van der Waals surface area contributed by atoms with Gasteiger partial charge in [-0.25, -0.2) is 15.0 Å². The number of nitrogens with zero attached hydrogens (tertiary/aromatic N) is 3. The Morgan fingerprint density at radius 3 is 2.84 bits per heavy atom. The van der Waals surface area contributed by atoms with Crippen molar-refractivity contribution in [3.05, 3.63) is 52.4 Å². The molecule has 128 valence electrons. The molecule has 6 nitrogen and oxygen atoms in total. The van der Waals surface area contributed by atoms with E-state index < -0.39 is 5.91 Å². The Bertz CT molecular complexity index is 915. The van der Waals surface area contributed by atoms with E-state index in [1.165, 1.54) is 24.2 Å². The summed E-state index contributed by atoms with van der Waals surface area (Å²) in [6, 6.07) is 5.30. The van der Waals surface area contributed by atoms with E-state index in [-0.39, 0.29) is 11.5 Å². The Labute approximate surface area is 157 Å². The van der Waals surface area contributed by atoms with E-state index in [1.807, 2.05) is 11.4 Å². The van der Waals surface area contributed by atoms with E-state index in [0.717, 1.165) is 21.3 Å². The first-order valence-electron chi connectivity index (χ1n) is 7.36. The minimum Gasteiger partial charge on any atom is -0.382 e. The first kappa shape index (κ1) is 17.7. The van der Waals surface area contributed by atoms with Crippen LogP contribution in [0.3, 0.4) is 0 Å². The van der Waals surface area contributed by atoms with Crippen LogP contribution < -0.4 is 11.1 Å². The highest BCUT2D eigenvalue weighted by Gasteiger charge is 2.13. The van der Waals surface area contributed by atoms with Crippen LogP contribution >= 0.6 is 34.7 Å². The molecule has 0 aliphatic carbocycles. The lowest BCUT2D eigenvalue weighted by Gasteiger charge is -2.08. The molecule has 0 spiro atoms. The van der Waals surface area contributed by atoms with Crippen molar-refractivity contribution in [2.45, 2.75) is 22.6 Å². The number of nitrogen functional groups attached to an aromatic ring is 1. The molecular weight excluding hydrogens is 378 g/mol. The number of carbonyl (C=O) groups is 1. The van der Waals surface area contributed by atoms with Gasteiger partial charge in [-0.2, -0.15) is 0 Å². The number of aryl methyl sites for hydroxylation is 1. The molecule has 1 aromatic carbocycles. The molecule has 0 radical (unpaired) electrons. The van der Waals surface area contributed by atoms with E-state index in [9.17, 15) is 4.79 Å². The van der Waals surface area contributed by atoms with Crippen LogP contribution in [0.1, 0.15) is 23.1 Å². The quantitative estimate of drug-likeness (QED) is 0.679. The lowest BCUT2D eigenvalue weighted by molar-refractivity contribution is 0.102. The van der Waals surface area contributed by atoms with Gasteiger partial charge in [0.2, 0.25) is 0 Å². The highest BCUT2D eigenvalue weighted by Crippen LogP contribution is 2.36. The molecule has 0 unspecified atom stereocenters. The van der Waals surface area contributed by atoms with Crippen LogP contribution in [0.15, 0.2) is 45.2 Å². The maximum Gasteiger partial charge on any atom is 0.278 e. The minimum absolute atomic E-state index is 0.0759. The normalized spacial score (nSPS) is 10.6. The Morgan fingerprint density at radius 1 is 1.36 bits per heavy atom. The third-order valence-electron chi connectivity index (χ3n) is 3.22. The van der Waals surface area contributed by atoms with Crippen molar-refractivity contribution in [3.8, 4) is 0 Å². The first-order chi connectivity index (χ1) is 12.1. The van der Waals surface area contributed by atoms with Crippen LogP contribution in [-0.2, 0) is 6.42 Å². The summed E-state index contributed by atoms with van der Waals surface area (Å²) >= 11 is 9.42. The van der Waals surface area contributed by atoms with Gasteiger partial charge in [0.15, 0.2) is 15.9 Å². The summed E-state index contributed by atoms with van der Waals surface area (Å²) in [5, 5.41) is 5.28. The van der Waals surface area contributed by atoms with Crippen molar-refractivity contribution in [2.75, 3.05) is 11.1 Å². The largest absolute Gasteiger partial charge is 0.382 e. The number of benzene rings is 1. The number of aromatic nitrogens is 3. The number of nitrogens with one attached hydrogen (secondary N) is 1. The third kappa shape index (κ3) is 4.28. The molecule has 3 N–H and O–H groups in total. The zero-order valence-corrected chi connectivity index (χ0v) is 15.6. The van der Waals surface area contributed by atoms with Crippen LogP contribution in [0, 0.1) is 0 Å². The van der Waals surface area contributed by atoms with Crippen molar-refractivity contribution in [2.24, 2.45) is 0 Å². The predicted octanol–water partition coefficient (Wildman–Crippen LogP) is 4.13. The lowest BCUT2D eigenvalue weighted by Crippen LogP contribution is -2.16. The van der Waals surface area contributed by atoms with Gasteiger partial charge in [0.05, 0.1) is 10.7 Å². The van der Waals surface area contributed by atoms with Crippen molar-refractivity contribution in [1.82, 2.24) is 15.0 Å². The Balaban J connectivity index is 1.73. The molecular formula is C16H14ClN5OS2. The SMILES string of the molecule is CCc1csc(Sc2ccc(NC(=O)c3nccnc3N)cc2Cl)n1. The van der Waals surface area contributed by atoms with Crippen LogP contribution in [0.5, 0.6) is 0 Å². The molecule has 9 heteroatoms. The summed E-state index contributed by atoms with van der Waals surface area (Å²) in [6.07, 6.45) is 3.75. The number of hydrogen-bond donors (Lipinski definition) is 2. The fourth-order valence-electron chi connectivity index (χ4n) is 1.97. The van der Waals surface area contributed by atoms with E-state index >= 15 is 0 Å². The second-order valence-corrected chi connectivity index (χ2v) is 7.50. The predicted molar refractivity (Wildman–Crippen MR) is 101 cm³/mol. The summed E-state index contributed by atoms with van der Waals surface area (Å²) in [7, 11) is 0. The van der Waals surface area contributed by atoms with Gasteiger partial charge in [-0.15, -0.1) is 11.3 Å². The number of halogens is 1. The fraction of sp³-hybridized carbons (Fsp3) is 0.125. The molecule has 0 bridgehead atoms.